The van der Waals surface area contributed by atoms with Crippen molar-refractivity contribution in [1.82, 2.24) is 14.9 Å². The third-order valence-corrected chi connectivity index (χ3v) is 7.62. The number of likely N-dealkylation sites (tertiary alicyclic amines) is 1. The number of nitrogens with zero attached hydrogens (tertiary/aromatic N) is 3. The molecule has 6 heteroatoms. The minimum atomic E-state index is -0.266. The third kappa shape index (κ3) is 6.70. The summed E-state index contributed by atoms with van der Waals surface area (Å²) in [6.45, 7) is 7.08. The quantitative estimate of drug-likeness (QED) is 0.214. The highest BCUT2D eigenvalue weighted by Gasteiger charge is 2.19. The van der Waals surface area contributed by atoms with Crippen LogP contribution in [0.1, 0.15) is 51.3 Å². The fourth-order valence-corrected chi connectivity index (χ4v) is 5.45. The van der Waals surface area contributed by atoms with E-state index >= 15 is 0 Å². The lowest BCUT2D eigenvalue weighted by molar-refractivity contribution is 0.0955. The molecular weight excluding hydrogens is 487 g/mol. The highest BCUT2D eigenvalue weighted by Crippen LogP contribution is 2.23. The van der Waals surface area contributed by atoms with Gasteiger partial charge in [-0.1, -0.05) is 42.5 Å². The summed E-state index contributed by atoms with van der Waals surface area (Å²) in [5.74, 6) is 0.245. The van der Waals surface area contributed by atoms with E-state index in [1.165, 1.54) is 42.5 Å². The van der Waals surface area contributed by atoms with E-state index in [9.17, 15) is 9.18 Å². The highest BCUT2D eigenvalue weighted by molar-refractivity contribution is 5.95. The molecule has 200 valence electrons. The molecule has 0 radical (unpaired) electrons. The summed E-state index contributed by atoms with van der Waals surface area (Å²) in [6, 6.07) is 26.9. The monoisotopic (exact) mass is 522 g/mol. The Labute approximate surface area is 230 Å². The Hall–Kier alpha value is -4.03. The van der Waals surface area contributed by atoms with Crippen LogP contribution in [-0.4, -0.2) is 34.7 Å². The molecule has 4 aromatic rings. The smallest absolute Gasteiger partial charge is 0.271 e. The molecule has 1 saturated heterocycles. The van der Waals surface area contributed by atoms with E-state index < -0.39 is 0 Å². The number of aryl methyl sites for hydroxylation is 1. The van der Waals surface area contributed by atoms with E-state index in [4.69, 9.17) is 0 Å². The fourth-order valence-electron chi connectivity index (χ4n) is 5.45. The average Bonchev–Trinajstić information content (AvgIpc) is 3.23. The molecule has 0 bridgehead atoms. The van der Waals surface area contributed by atoms with Gasteiger partial charge in [0.15, 0.2) is 0 Å². The lowest BCUT2D eigenvalue weighted by Gasteiger charge is -2.32. The van der Waals surface area contributed by atoms with Crippen molar-refractivity contribution in [3.63, 3.8) is 0 Å². The Kier molecular flexibility index (Phi) is 8.33. The number of aromatic nitrogens is 1. The molecule has 1 N–H and O–H groups in total. The van der Waals surface area contributed by atoms with Crippen LogP contribution in [0.2, 0.25) is 0 Å². The number of hydrazone groups is 1. The molecule has 1 aliphatic heterocycles. The zero-order valence-electron chi connectivity index (χ0n) is 22.6. The largest absolute Gasteiger partial charge is 0.318 e. The van der Waals surface area contributed by atoms with E-state index in [1.54, 1.807) is 18.3 Å². The molecule has 0 atom stereocenters. The molecule has 1 aromatic heterocycles. The van der Waals surface area contributed by atoms with E-state index in [0.717, 1.165) is 48.2 Å². The van der Waals surface area contributed by atoms with Gasteiger partial charge in [-0.3, -0.25) is 9.69 Å². The maximum atomic E-state index is 13.3. The SMILES string of the molecule is Cc1cc(/C=N\NC(=O)c2ccc(CN3CCC(Cc4ccccc4)CC3)cc2)c(C)n1-c1ccc(F)cc1. The van der Waals surface area contributed by atoms with Crippen molar-refractivity contribution in [3.05, 3.63) is 124 Å². The summed E-state index contributed by atoms with van der Waals surface area (Å²) >= 11 is 0. The summed E-state index contributed by atoms with van der Waals surface area (Å²) in [4.78, 5) is 15.2. The zero-order chi connectivity index (χ0) is 27.2. The van der Waals surface area contributed by atoms with Gasteiger partial charge < -0.3 is 4.57 Å². The minimum Gasteiger partial charge on any atom is -0.318 e. The van der Waals surface area contributed by atoms with Crippen LogP contribution in [0.4, 0.5) is 4.39 Å². The Morgan fingerprint density at radius 1 is 0.949 bits per heavy atom. The van der Waals surface area contributed by atoms with Gasteiger partial charge in [0, 0.05) is 34.7 Å². The first-order valence-corrected chi connectivity index (χ1v) is 13.6. The number of hydrogen-bond acceptors (Lipinski definition) is 3. The number of carbonyl (C=O) groups excluding carboxylic acids is 1. The average molecular weight is 523 g/mol. The number of carbonyl (C=O) groups is 1. The van der Waals surface area contributed by atoms with Crippen LogP contribution in [0.15, 0.2) is 90.0 Å². The first-order valence-electron chi connectivity index (χ1n) is 13.6. The zero-order valence-corrected chi connectivity index (χ0v) is 22.6. The van der Waals surface area contributed by atoms with Crippen molar-refractivity contribution < 1.29 is 9.18 Å². The molecule has 0 aliphatic carbocycles. The van der Waals surface area contributed by atoms with Gasteiger partial charge >= 0.3 is 0 Å². The number of halogens is 1. The maximum Gasteiger partial charge on any atom is 0.271 e. The van der Waals surface area contributed by atoms with Gasteiger partial charge in [0.05, 0.1) is 6.21 Å². The van der Waals surface area contributed by atoms with Crippen LogP contribution < -0.4 is 5.43 Å². The molecule has 0 unspecified atom stereocenters. The summed E-state index contributed by atoms with van der Waals surface area (Å²) in [6.07, 6.45) is 5.26. The Morgan fingerprint density at radius 2 is 1.64 bits per heavy atom. The van der Waals surface area contributed by atoms with Crippen molar-refractivity contribution in [2.75, 3.05) is 13.1 Å². The van der Waals surface area contributed by atoms with Crippen molar-refractivity contribution in [1.29, 1.82) is 0 Å². The van der Waals surface area contributed by atoms with E-state index in [-0.39, 0.29) is 11.7 Å². The van der Waals surface area contributed by atoms with Crippen LogP contribution in [-0.2, 0) is 13.0 Å². The summed E-state index contributed by atoms with van der Waals surface area (Å²) in [5, 5.41) is 4.19. The second kappa shape index (κ2) is 12.2. The maximum absolute atomic E-state index is 13.3. The van der Waals surface area contributed by atoms with E-state index in [0.29, 0.717) is 5.56 Å². The molecular formula is C33H35FN4O. The van der Waals surface area contributed by atoms with E-state index in [1.807, 2.05) is 48.7 Å². The minimum absolute atomic E-state index is 0.244. The summed E-state index contributed by atoms with van der Waals surface area (Å²) < 4.78 is 15.4. The molecule has 39 heavy (non-hydrogen) atoms. The number of piperidine rings is 1. The van der Waals surface area contributed by atoms with Crippen molar-refractivity contribution in [2.45, 2.75) is 39.7 Å². The molecule has 1 fully saturated rings. The van der Waals surface area contributed by atoms with Gasteiger partial charge in [-0.2, -0.15) is 5.10 Å². The normalized spacial score (nSPS) is 14.6. The van der Waals surface area contributed by atoms with E-state index in [2.05, 4.69) is 45.8 Å². The van der Waals surface area contributed by atoms with Gasteiger partial charge in [-0.25, -0.2) is 9.82 Å². The molecule has 0 spiro atoms. The second-order valence-electron chi connectivity index (χ2n) is 10.4. The first-order chi connectivity index (χ1) is 19.0. The first kappa shape index (κ1) is 26.6. The highest BCUT2D eigenvalue weighted by atomic mass is 19.1. The van der Waals surface area contributed by atoms with Crippen LogP contribution in [0, 0.1) is 25.6 Å². The molecule has 3 aromatic carbocycles. The number of amides is 1. The van der Waals surface area contributed by atoms with Gasteiger partial charge in [0.2, 0.25) is 0 Å². The third-order valence-electron chi connectivity index (χ3n) is 7.62. The molecule has 2 heterocycles. The molecule has 1 aliphatic rings. The topological polar surface area (TPSA) is 49.6 Å². The van der Waals surface area contributed by atoms with Crippen LogP contribution >= 0.6 is 0 Å². The second-order valence-corrected chi connectivity index (χ2v) is 10.4. The Morgan fingerprint density at radius 3 is 2.33 bits per heavy atom. The summed E-state index contributed by atoms with van der Waals surface area (Å²) in [7, 11) is 0. The van der Waals surface area contributed by atoms with Gasteiger partial charge in [-0.15, -0.1) is 0 Å². The summed E-state index contributed by atoms with van der Waals surface area (Å²) in [5.41, 5.74) is 9.60. The lowest BCUT2D eigenvalue weighted by Crippen LogP contribution is -2.33. The molecule has 0 saturated carbocycles. The predicted octanol–water partition coefficient (Wildman–Crippen LogP) is 6.45. The van der Waals surface area contributed by atoms with Crippen LogP contribution in [0.5, 0.6) is 0 Å². The van der Waals surface area contributed by atoms with Gasteiger partial charge in [0.1, 0.15) is 5.82 Å². The Bertz CT molecular complexity index is 1420. The van der Waals surface area contributed by atoms with Crippen molar-refractivity contribution in [2.24, 2.45) is 11.0 Å². The standard InChI is InChI=1S/C33H35FN4O/c1-24-20-30(25(2)38(24)32-14-12-31(34)13-15-32)22-35-36-33(39)29-10-8-28(9-11-29)23-37-18-16-27(17-19-37)21-26-6-4-3-5-7-26/h3-15,20,22,27H,16-19,21,23H2,1-2H3,(H,36,39)/b35-22-. The van der Waals surface area contributed by atoms with Crippen molar-refractivity contribution in [3.8, 4) is 5.69 Å². The van der Waals surface area contributed by atoms with Crippen LogP contribution in [0.25, 0.3) is 5.69 Å². The molecule has 1 amide bonds. The number of rotatable bonds is 8. The Balaban J connectivity index is 1.11. The number of benzene rings is 3. The number of nitrogens with one attached hydrogen (secondary N) is 1. The van der Waals surface area contributed by atoms with Gasteiger partial charge in [-0.05, 0) is 106 Å². The van der Waals surface area contributed by atoms with Crippen molar-refractivity contribution >= 4 is 12.1 Å². The molecule has 5 rings (SSSR count). The van der Waals surface area contributed by atoms with Gasteiger partial charge in [0.25, 0.3) is 5.91 Å². The fraction of sp³-hybridized carbons (Fsp3) is 0.273. The number of hydrogen-bond donors (Lipinski definition) is 1. The lowest BCUT2D eigenvalue weighted by atomic mass is 9.90. The molecule has 5 nitrogen and oxygen atoms in total. The predicted molar refractivity (Wildman–Crippen MR) is 155 cm³/mol. The van der Waals surface area contributed by atoms with Crippen LogP contribution in [0.3, 0.4) is 0 Å².